The van der Waals surface area contributed by atoms with Gasteiger partial charge in [-0.3, -0.25) is 4.40 Å². The van der Waals surface area contributed by atoms with Crippen molar-refractivity contribution in [2.24, 2.45) is 0 Å². The summed E-state index contributed by atoms with van der Waals surface area (Å²) in [5, 5.41) is 0.600. The maximum Gasteiger partial charge on any atom is 0.181 e. The van der Waals surface area contributed by atoms with Crippen molar-refractivity contribution in [2.45, 2.75) is 0 Å². The molecule has 0 saturated heterocycles. The Labute approximate surface area is 90.1 Å². The maximum atomic E-state index is 5.97. The van der Waals surface area contributed by atoms with E-state index in [4.69, 9.17) is 16.0 Å². The second-order valence-electron chi connectivity index (χ2n) is 3.02. The molecule has 0 aliphatic carbocycles. The number of aromatic nitrogens is 3. The molecule has 3 heterocycles. The average molecular weight is 219 g/mol. The summed E-state index contributed by atoms with van der Waals surface area (Å²) in [5.41, 5.74) is 1.55. The number of fused-ring (bicyclic) bond motifs is 1. The van der Waals surface area contributed by atoms with E-state index in [9.17, 15) is 0 Å². The molecule has 3 aromatic heterocycles. The third-order valence-electron chi connectivity index (χ3n) is 2.09. The van der Waals surface area contributed by atoms with Crippen LogP contribution in [0.5, 0.6) is 0 Å². The molecule has 0 saturated carbocycles. The summed E-state index contributed by atoms with van der Waals surface area (Å²) in [6, 6.07) is 1.79. The molecule has 0 fully saturated rings. The van der Waals surface area contributed by atoms with Crippen LogP contribution in [-0.2, 0) is 0 Å². The van der Waals surface area contributed by atoms with Gasteiger partial charge in [-0.2, -0.15) is 0 Å². The second-order valence-corrected chi connectivity index (χ2v) is 3.46. The van der Waals surface area contributed by atoms with Crippen molar-refractivity contribution in [1.82, 2.24) is 14.4 Å². The third kappa shape index (κ3) is 1.30. The van der Waals surface area contributed by atoms with Gasteiger partial charge in [0.05, 0.1) is 29.2 Å². The Morgan fingerprint density at radius 1 is 1.47 bits per heavy atom. The number of imidazole rings is 1. The highest BCUT2D eigenvalue weighted by Crippen LogP contribution is 2.26. The van der Waals surface area contributed by atoms with E-state index < -0.39 is 0 Å². The van der Waals surface area contributed by atoms with Gasteiger partial charge in [-0.05, 0) is 6.07 Å². The van der Waals surface area contributed by atoms with Crippen LogP contribution in [0.2, 0.25) is 5.02 Å². The molecule has 0 spiro atoms. The third-order valence-corrected chi connectivity index (χ3v) is 2.29. The fourth-order valence-electron chi connectivity index (χ4n) is 1.47. The highest BCUT2D eigenvalue weighted by molar-refractivity contribution is 6.30. The number of nitrogens with zero attached hydrogens (tertiary/aromatic N) is 3. The molecular formula is C10H5ClN3O. The van der Waals surface area contributed by atoms with E-state index in [1.807, 2.05) is 0 Å². The Hall–Kier alpha value is -1.81. The zero-order valence-electron chi connectivity index (χ0n) is 7.51. The summed E-state index contributed by atoms with van der Waals surface area (Å²) in [5.74, 6) is 0.641. The van der Waals surface area contributed by atoms with Crippen molar-refractivity contribution in [3.63, 3.8) is 0 Å². The van der Waals surface area contributed by atoms with Crippen molar-refractivity contribution in [1.29, 1.82) is 0 Å². The van der Waals surface area contributed by atoms with Gasteiger partial charge in [0.25, 0.3) is 0 Å². The Balaban J connectivity index is 2.38. The van der Waals surface area contributed by atoms with Crippen LogP contribution in [0.3, 0.4) is 0 Å². The number of rotatable bonds is 1. The quantitative estimate of drug-likeness (QED) is 0.630. The standard InChI is InChI=1S/C10H5ClN3O/c11-7-3-8(9-4-12-6-15-9)10-13-1-2-14(10)5-7/h1,3-6H. The number of hydrogen-bond acceptors (Lipinski definition) is 3. The molecule has 4 nitrogen and oxygen atoms in total. The van der Waals surface area contributed by atoms with E-state index in [0.29, 0.717) is 10.8 Å². The Bertz CT molecular complexity index is 600. The van der Waals surface area contributed by atoms with Crippen LogP contribution in [-0.4, -0.2) is 14.4 Å². The summed E-state index contributed by atoms with van der Waals surface area (Å²) in [7, 11) is 0. The van der Waals surface area contributed by atoms with E-state index in [2.05, 4.69) is 16.2 Å². The predicted molar refractivity (Wildman–Crippen MR) is 54.5 cm³/mol. The van der Waals surface area contributed by atoms with Crippen LogP contribution in [0, 0.1) is 6.20 Å². The first kappa shape index (κ1) is 8.49. The Morgan fingerprint density at radius 3 is 3.20 bits per heavy atom. The molecule has 3 aromatic rings. The van der Waals surface area contributed by atoms with Crippen LogP contribution in [0.25, 0.3) is 17.0 Å². The predicted octanol–water partition coefficient (Wildman–Crippen LogP) is 2.44. The van der Waals surface area contributed by atoms with Crippen LogP contribution in [0.4, 0.5) is 0 Å². The van der Waals surface area contributed by atoms with E-state index in [-0.39, 0.29) is 0 Å². The summed E-state index contributed by atoms with van der Waals surface area (Å²) in [4.78, 5) is 8.04. The van der Waals surface area contributed by atoms with Crippen molar-refractivity contribution < 1.29 is 4.42 Å². The molecule has 0 atom stereocenters. The monoisotopic (exact) mass is 218 g/mol. The minimum absolute atomic E-state index is 0.600. The van der Waals surface area contributed by atoms with E-state index in [1.165, 1.54) is 6.39 Å². The van der Waals surface area contributed by atoms with Crippen LogP contribution < -0.4 is 0 Å². The molecule has 0 amide bonds. The summed E-state index contributed by atoms with van der Waals surface area (Å²) >= 11 is 5.97. The van der Waals surface area contributed by atoms with Gasteiger partial charge in [-0.25, -0.2) is 9.97 Å². The maximum absolute atomic E-state index is 5.97. The number of oxazole rings is 1. The van der Waals surface area contributed by atoms with Crippen molar-refractivity contribution >= 4 is 17.2 Å². The van der Waals surface area contributed by atoms with Gasteiger partial charge in [0, 0.05) is 6.20 Å². The lowest BCUT2D eigenvalue weighted by atomic mass is 10.2. The minimum atomic E-state index is 0.600. The van der Waals surface area contributed by atoms with Crippen LogP contribution in [0.1, 0.15) is 0 Å². The van der Waals surface area contributed by atoms with E-state index >= 15 is 0 Å². The lowest BCUT2D eigenvalue weighted by Gasteiger charge is -2.00. The first-order valence-corrected chi connectivity index (χ1v) is 4.65. The van der Waals surface area contributed by atoms with Gasteiger partial charge in [0.15, 0.2) is 12.2 Å². The number of hydrogen-bond donors (Lipinski definition) is 0. The summed E-state index contributed by atoms with van der Waals surface area (Å²) in [6.45, 7) is 0. The first-order valence-electron chi connectivity index (χ1n) is 4.28. The zero-order valence-corrected chi connectivity index (χ0v) is 8.27. The Morgan fingerprint density at radius 2 is 2.40 bits per heavy atom. The van der Waals surface area contributed by atoms with Gasteiger partial charge >= 0.3 is 0 Å². The SMILES string of the molecule is Clc1cc(-c2cnco2)c2nc[c]n2c1. The molecule has 1 radical (unpaired) electrons. The van der Waals surface area contributed by atoms with Crippen molar-refractivity contribution in [2.75, 3.05) is 0 Å². The largest absolute Gasteiger partial charge is 0.443 e. The number of halogens is 1. The highest BCUT2D eigenvalue weighted by atomic mass is 35.5. The van der Waals surface area contributed by atoms with Gasteiger partial charge < -0.3 is 4.42 Å². The normalized spacial score (nSPS) is 11.0. The fourth-order valence-corrected chi connectivity index (χ4v) is 1.67. The van der Waals surface area contributed by atoms with E-state index in [0.717, 1.165) is 11.2 Å². The molecular weight excluding hydrogens is 214 g/mol. The summed E-state index contributed by atoms with van der Waals surface area (Å²) < 4.78 is 6.94. The van der Waals surface area contributed by atoms with Crippen molar-refractivity contribution in [3.8, 4) is 11.3 Å². The molecule has 0 N–H and O–H groups in total. The second kappa shape index (κ2) is 3.10. The topological polar surface area (TPSA) is 43.3 Å². The summed E-state index contributed by atoms with van der Waals surface area (Å²) in [6.07, 6.45) is 9.25. The van der Waals surface area contributed by atoms with Gasteiger partial charge in [-0.15, -0.1) is 0 Å². The smallest absolute Gasteiger partial charge is 0.181 e. The van der Waals surface area contributed by atoms with E-state index in [1.54, 1.807) is 29.1 Å². The lowest BCUT2D eigenvalue weighted by molar-refractivity contribution is 0.572. The molecule has 0 bridgehead atoms. The molecule has 0 unspecified atom stereocenters. The zero-order chi connectivity index (χ0) is 10.3. The number of pyridine rings is 1. The molecule has 0 aliphatic heterocycles. The molecule has 73 valence electrons. The van der Waals surface area contributed by atoms with Crippen molar-refractivity contribution in [3.05, 3.63) is 42.3 Å². The fraction of sp³-hybridized carbons (Fsp3) is 0. The first-order chi connectivity index (χ1) is 7.34. The van der Waals surface area contributed by atoms with Gasteiger partial charge in [0.2, 0.25) is 0 Å². The lowest BCUT2D eigenvalue weighted by Crippen LogP contribution is -1.87. The highest BCUT2D eigenvalue weighted by Gasteiger charge is 2.09. The van der Waals surface area contributed by atoms with Gasteiger partial charge in [0.1, 0.15) is 5.65 Å². The van der Waals surface area contributed by atoms with Crippen LogP contribution in [0.15, 0.2) is 35.5 Å². The molecule has 0 aromatic carbocycles. The van der Waals surface area contributed by atoms with Crippen LogP contribution >= 0.6 is 11.6 Å². The molecule has 3 rings (SSSR count). The van der Waals surface area contributed by atoms with Gasteiger partial charge in [-0.1, -0.05) is 11.6 Å². The minimum Gasteiger partial charge on any atom is -0.443 e. The Kier molecular flexibility index (Phi) is 1.76. The molecule has 5 heteroatoms. The molecule has 0 aliphatic rings. The molecule has 15 heavy (non-hydrogen) atoms. The average Bonchev–Trinajstić information content (AvgIpc) is 2.86.